The number of nitrogens with zero attached hydrogens (tertiary/aromatic N) is 3. The number of urea groups is 1. The number of carbonyl (C=O) groups excluding carboxylic acids is 2. The topological polar surface area (TPSA) is 103 Å². The summed E-state index contributed by atoms with van der Waals surface area (Å²) in [5.74, 6) is 5.62. The van der Waals surface area contributed by atoms with E-state index in [9.17, 15) is 9.59 Å². The molecule has 0 aliphatic carbocycles. The van der Waals surface area contributed by atoms with Gasteiger partial charge in [-0.1, -0.05) is 30.3 Å². The van der Waals surface area contributed by atoms with E-state index in [0.29, 0.717) is 12.5 Å². The summed E-state index contributed by atoms with van der Waals surface area (Å²) in [6.45, 7) is 0.620. The standard InChI is InChI=1S/C15H20N6O2/c1-20-12-11(13(22)18-15(20)23)21(14(17-12)19-16)9-5-8-10-6-3-2-4-7-10/h2-4,6-7,11-12H,5,8-9,16H2,1H3,(H,17,19)(H,18,22,23). The van der Waals surface area contributed by atoms with Crippen LogP contribution in [0.15, 0.2) is 35.3 Å². The van der Waals surface area contributed by atoms with Crippen LogP contribution in [0.5, 0.6) is 0 Å². The van der Waals surface area contributed by atoms with Gasteiger partial charge in [0.1, 0.15) is 0 Å². The number of fused-ring (bicyclic) bond motifs is 1. The molecule has 0 spiro atoms. The van der Waals surface area contributed by atoms with Crippen LogP contribution >= 0.6 is 0 Å². The number of hydrogen-bond acceptors (Lipinski definition) is 6. The molecule has 1 aromatic rings. The largest absolute Gasteiger partial charge is 0.326 e. The maximum absolute atomic E-state index is 12.2. The van der Waals surface area contributed by atoms with Crippen LogP contribution in [0.1, 0.15) is 12.0 Å². The highest BCUT2D eigenvalue weighted by molar-refractivity contribution is 6.03. The number of nitrogens with two attached hydrogens (primary N) is 1. The van der Waals surface area contributed by atoms with Crippen molar-refractivity contribution in [1.82, 2.24) is 20.5 Å². The van der Waals surface area contributed by atoms with Gasteiger partial charge in [0.25, 0.3) is 5.91 Å². The maximum Gasteiger partial charge on any atom is 0.325 e. The summed E-state index contributed by atoms with van der Waals surface area (Å²) >= 11 is 0. The molecule has 2 aliphatic heterocycles. The molecule has 122 valence electrons. The van der Waals surface area contributed by atoms with Crippen molar-refractivity contribution in [2.75, 3.05) is 13.6 Å². The molecule has 1 fully saturated rings. The Kier molecular flexibility index (Phi) is 4.16. The smallest absolute Gasteiger partial charge is 0.325 e. The predicted octanol–water partition coefficient (Wildman–Crippen LogP) is -0.370. The monoisotopic (exact) mass is 316 g/mol. The van der Waals surface area contributed by atoms with Crippen LogP contribution in [0.3, 0.4) is 0 Å². The second kappa shape index (κ2) is 6.25. The number of amides is 3. The van der Waals surface area contributed by atoms with Crippen molar-refractivity contribution in [2.45, 2.75) is 25.0 Å². The second-order valence-corrected chi connectivity index (χ2v) is 5.64. The summed E-state index contributed by atoms with van der Waals surface area (Å²) < 4.78 is 0. The van der Waals surface area contributed by atoms with Crippen LogP contribution in [0.2, 0.25) is 0 Å². The number of hydrogen-bond donors (Lipinski definition) is 3. The first-order valence-electron chi connectivity index (χ1n) is 7.54. The minimum atomic E-state index is -0.543. The zero-order chi connectivity index (χ0) is 16.4. The maximum atomic E-state index is 12.2. The van der Waals surface area contributed by atoms with Crippen LogP contribution < -0.4 is 16.6 Å². The minimum Gasteiger partial charge on any atom is -0.326 e. The second-order valence-electron chi connectivity index (χ2n) is 5.64. The summed E-state index contributed by atoms with van der Waals surface area (Å²) in [5.41, 5.74) is 3.77. The Labute approximate surface area is 134 Å². The molecule has 1 aromatic carbocycles. The highest BCUT2D eigenvalue weighted by Gasteiger charge is 2.48. The SMILES string of the molecule is CN1C(=O)NC(=O)C2C1N=C(NN)N2CCCc1ccccc1. The molecule has 0 aromatic heterocycles. The summed E-state index contributed by atoms with van der Waals surface area (Å²) in [4.78, 5) is 31.5. The Hall–Kier alpha value is -2.61. The fourth-order valence-electron chi connectivity index (χ4n) is 2.99. The van der Waals surface area contributed by atoms with Gasteiger partial charge in [0.15, 0.2) is 12.2 Å². The van der Waals surface area contributed by atoms with E-state index in [0.717, 1.165) is 12.8 Å². The third kappa shape index (κ3) is 2.85. The number of aliphatic imine (C=N–C) groups is 1. The Balaban J connectivity index is 1.69. The molecule has 4 N–H and O–H groups in total. The van der Waals surface area contributed by atoms with E-state index in [1.54, 1.807) is 7.05 Å². The van der Waals surface area contributed by atoms with E-state index in [2.05, 4.69) is 27.9 Å². The van der Waals surface area contributed by atoms with Gasteiger partial charge in [0, 0.05) is 13.6 Å². The third-order valence-corrected chi connectivity index (χ3v) is 4.20. The highest BCUT2D eigenvalue weighted by Crippen LogP contribution is 2.23. The van der Waals surface area contributed by atoms with Crippen molar-refractivity contribution in [3.8, 4) is 0 Å². The highest BCUT2D eigenvalue weighted by atomic mass is 16.2. The summed E-state index contributed by atoms with van der Waals surface area (Å²) in [6.07, 6.45) is 1.20. The number of aryl methyl sites for hydroxylation is 1. The predicted molar refractivity (Wildman–Crippen MR) is 85.1 cm³/mol. The van der Waals surface area contributed by atoms with Gasteiger partial charge in [-0.25, -0.2) is 15.6 Å². The van der Waals surface area contributed by atoms with Crippen LogP contribution in [0.25, 0.3) is 0 Å². The molecule has 3 rings (SSSR count). The summed E-state index contributed by atoms with van der Waals surface area (Å²) in [7, 11) is 1.62. The molecule has 2 unspecified atom stereocenters. The Morgan fingerprint density at radius 1 is 1.30 bits per heavy atom. The van der Waals surface area contributed by atoms with E-state index >= 15 is 0 Å². The fraction of sp³-hybridized carbons (Fsp3) is 0.400. The van der Waals surface area contributed by atoms with Gasteiger partial charge in [-0.05, 0) is 18.4 Å². The van der Waals surface area contributed by atoms with E-state index in [-0.39, 0.29) is 5.91 Å². The lowest BCUT2D eigenvalue weighted by Gasteiger charge is -2.36. The number of benzene rings is 1. The minimum absolute atomic E-state index is 0.341. The zero-order valence-electron chi connectivity index (χ0n) is 12.9. The molecule has 0 bridgehead atoms. The molecule has 3 amide bonds. The number of carbonyl (C=O) groups is 2. The number of nitrogens with one attached hydrogen (secondary N) is 2. The van der Waals surface area contributed by atoms with Crippen LogP contribution in [0, 0.1) is 0 Å². The number of imide groups is 1. The summed E-state index contributed by atoms with van der Waals surface area (Å²) in [5, 5.41) is 2.35. The molecule has 23 heavy (non-hydrogen) atoms. The first-order chi connectivity index (χ1) is 11.1. The molecule has 2 heterocycles. The number of hydrazine groups is 1. The molecule has 8 heteroatoms. The first kappa shape index (κ1) is 15.3. The van der Waals surface area contributed by atoms with Crippen LogP contribution in [-0.4, -0.2) is 53.5 Å². The lowest BCUT2D eigenvalue weighted by molar-refractivity contribution is -0.127. The van der Waals surface area contributed by atoms with Gasteiger partial charge in [-0.2, -0.15) is 0 Å². The molecule has 2 atom stereocenters. The van der Waals surface area contributed by atoms with Crippen LogP contribution in [0.4, 0.5) is 4.79 Å². The van der Waals surface area contributed by atoms with Crippen molar-refractivity contribution >= 4 is 17.9 Å². The normalized spacial score (nSPS) is 23.5. The Morgan fingerprint density at radius 3 is 2.74 bits per heavy atom. The van der Waals surface area contributed by atoms with Gasteiger partial charge in [-0.15, -0.1) is 0 Å². The van der Waals surface area contributed by atoms with E-state index in [4.69, 9.17) is 5.84 Å². The fourth-order valence-corrected chi connectivity index (χ4v) is 2.99. The number of guanidine groups is 1. The summed E-state index contributed by atoms with van der Waals surface area (Å²) in [6, 6.07) is 9.15. The first-order valence-corrected chi connectivity index (χ1v) is 7.54. The van der Waals surface area contributed by atoms with Gasteiger partial charge in [-0.3, -0.25) is 15.5 Å². The average molecular weight is 316 g/mol. The van der Waals surface area contributed by atoms with E-state index in [1.807, 2.05) is 23.1 Å². The molecular weight excluding hydrogens is 296 g/mol. The van der Waals surface area contributed by atoms with Crippen LogP contribution in [-0.2, 0) is 11.2 Å². The van der Waals surface area contributed by atoms with Gasteiger partial charge >= 0.3 is 6.03 Å². The molecule has 0 saturated carbocycles. The molecule has 8 nitrogen and oxygen atoms in total. The average Bonchev–Trinajstić information content (AvgIpc) is 2.93. The van der Waals surface area contributed by atoms with Crippen molar-refractivity contribution in [2.24, 2.45) is 10.8 Å². The number of rotatable bonds is 4. The Bertz CT molecular complexity index is 632. The number of likely N-dealkylation sites (N-methyl/N-ethyl adjacent to an activating group) is 1. The van der Waals surface area contributed by atoms with Crippen molar-refractivity contribution in [3.63, 3.8) is 0 Å². The van der Waals surface area contributed by atoms with Gasteiger partial charge in [0.2, 0.25) is 5.96 Å². The van der Waals surface area contributed by atoms with Gasteiger partial charge in [0.05, 0.1) is 0 Å². The quantitative estimate of drug-likeness (QED) is 0.519. The Morgan fingerprint density at radius 2 is 2.04 bits per heavy atom. The third-order valence-electron chi connectivity index (χ3n) is 4.20. The van der Waals surface area contributed by atoms with Crippen molar-refractivity contribution < 1.29 is 9.59 Å². The lowest BCUT2D eigenvalue weighted by atomic mass is 10.1. The van der Waals surface area contributed by atoms with Crippen molar-refractivity contribution in [3.05, 3.63) is 35.9 Å². The van der Waals surface area contributed by atoms with E-state index < -0.39 is 18.2 Å². The van der Waals surface area contributed by atoms with Crippen molar-refractivity contribution in [1.29, 1.82) is 0 Å². The lowest BCUT2D eigenvalue weighted by Crippen LogP contribution is -2.64. The zero-order valence-corrected chi connectivity index (χ0v) is 12.9. The molecule has 1 saturated heterocycles. The van der Waals surface area contributed by atoms with Gasteiger partial charge < -0.3 is 9.80 Å². The molecular formula is C15H20N6O2. The molecule has 0 radical (unpaired) electrons. The molecule has 2 aliphatic rings. The van der Waals surface area contributed by atoms with E-state index in [1.165, 1.54) is 10.5 Å².